The summed E-state index contributed by atoms with van der Waals surface area (Å²) in [5.41, 5.74) is 6.57. The molecule has 0 spiro atoms. The molecule has 0 aromatic heterocycles. The van der Waals surface area contributed by atoms with Gasteiger partial charge in [0.2, 0.25) is 5.91 Å². The molecular formula is C13H19BrN4O. The van der Waals surface area contributed by atoms with E-state index in [0.29, 0.717) is 25.5 Å². The molecule has 5 nitrogen and oxygen atoms in total. The molecule has 0 radical (unpaired) electrons. The number of nitrogens with zero attached hydrogens (tertiary/aromatic N) is 2. The summed E-state index contributed by atoms with van der Waals surface area (Å²) in [6, 6.07) is 7.87. The van der Waals surface area contributed by atoms with Crippen LogP contribution in [-0.2, 0) is 11.3 Å². The number of aliphatic imine (C=N–C) groups is 1. The van der Waals surface area contributed by atoms with Gasteiger partial charge in [-0.15, -0.1) is 0 Å². The monoisotopic (exact) mass is 326 g/mol. The van der Waals surface area contributed by atoms with Crippen LogP contribution in [0.25, 0.3) is 0 Å². The average molecular weight is 327 g/mol. The Morgan fingerprint density at radius 1 is 1.47 bits per heavy atom. The number of nitrogens with two attached hydrogens (primary N) is 1. The number of benzene rings is 1. The van der Waals surface area contributed by atoms with Crippen LogP contribution in [0.3, 0.4) is 0 Å². The lowest BCUT2D eigenvalue weighted by Gasteiger charge is -2.18. The molecule has 0 atom stereocenters. The predicted octanol–water partition coefficient (Wildman–Crippen LogP) is 1.33. The highest BCUT2D eigenvalue weighted by atomic mass is 79.9. The Kier molecular flexibility index (Phi) is 6.35. The van der Waals surface area contributed by atoms with Gasteiger partial charge in [-0.25, -0.2) is 0 Å². The molecule has 1 rings (SSSR count). The summed E-state index contributed by atoms with van der Waals surface area (Å²) in [6.45, 7) is 1.07. The molecule has 0 saturated carbocycles. The Hall–Kier alpha value is -1.56. The Labute approximate surface area is 122 Å². The van der Waals surface area contributed by atoms with Gasteiger partial charge in [0.15, 0.2) is 5.96 Å². The van der Waals surface area contributed by atoms with E-state index in [1.807, 2.05) is 24.3 Å². The van der Waals surface area contributed by atoms with E-state index < -0.39 is 0 Å². The Balaban J connectivity index is 2.43. The van der Waals surface area contributed by atoms with Gasteiger partial charge in [0.1, 0.15) is 0 Å². The van der Waals surface area contributed by atoms with Gasteiger partial charge in [-0.1, -0.05) is 34.1 Å². The maximum absolute atomic E-state index is 11.9. The third kappa shape index (κ3) is 5.30. The first-order valence-corrected chi connectivity index (χ1v) is 6.77. The Morgan fingerprint density at radius 3 is 2.79 bits per heavy atom. The zero-order valence-corrected chi connectivity index (χ0v) is 12.8. The second-order valence-electron chi connectivity index (χ2n) is 4.13. The summed E-state index contributed by atoms with van der Waals surface area (Å²) in [6.07, 6.45) is 0.386. The van der Waals surface area contributed by atoms with Crippen LogP contribution < -0.4 is 11.1 Å². The summed E-state index contributed by atoms with van der Waals surface area (Å²) in [4.78, 5) is 17.4. The SMILES string of the molecule is CN=C(N)NCCC(=O)N(C)Cc1ccccc1Br. The van der Waals surface area contributed by atoms with Crippen molar-refractivity contribution in [1.82, 2.24) is 10.2 Å². The van der Waals surface area contributed by atoms with Gasteiger partial charge in [0.25, 0.3) is 0 Å². The van der Waals surface area contributed by atoms with Crippen molar-refractivity contribution in [2.24, 2.45) is 10.7 Å². The van der Waals surface area contributed by atoms with Crippen LogP contribution in [0.5, 0.6) is 0 Å². The van der Waals surface area contributed by atoms with Crippen molar-refractivity contribution < 1.29 is 4.79 Å². The number of nitrogens with one attached hydrogen (secondary N) is 1. The van der Waals surface area contributed by atoms with Crippen molar-refractivity contribution in [2.45, 2.75) is 13.0 Å². The van der Waals surface area contributed by atoms with Crippen LogP contribution in [0, 0.1) is 0 Å². The van der Waals surface area contributed by atoms with E-state index in [4.69, 9.17) is 5.73 Å². The lowest BCUT2D eigenvalue weighted by atomic mass is 10.2. The zero-order chi connectivity index (χ0) is 14.3. The molecule has 0 aliphatic carbocycles. The van der Waals surface area contributed by atoms with Gasteiger partial charge < -0.3 is 16.0 Å². The summed E-state index contributed by atoms with van der Waals surface area (Å²) in [5.74, 6) is 0.411. The predicted molar refractivity (Wildman–Crippen MR) is 80.8 cm³/mol. The van der Waals surface area contributed by atoms with Gasteiger partial charge in [-0.3, -0.25) is 9.79 Å². The molecule has 0 unspecified atom stereocenters. The number of halogens is 1. The van der Waals surface area contributed by atoms with Crippen LogP contribution >= 0.6 is 15.9 Å². The first-order chi connectivity index (χ1) is 9.04. The highest BCUT2D eigenvalue weighted by molar-refractivity contribution is 9.10. The van der Waals surface area contributed by atoms with Gasteiger partial charge in [0, 0.05) is 38.1 Å². The maximum Gasteiger partial charge on any atom is 0.224 e. The molecule has 3 N–H and O–H groups in total. The summed E-state index contributed by atoms with van der Waals surface area (Å²) in [5, 5.41) is 2.86. The topological polar surface area (TPSA) is 70.7 Å². The molecule has 0 saturated heterocycles. The highest BCUT2D eigenvalue weighted by Gasteiger charge is 2.10. The number of amides is 1. The van der Waals surface area contributed by atoms with Crippen molar-refractivity contribution in [1.29, 1.82) is 0 Å². The van der Waals surface area contributed by atoms with E-state index in [9.17, 15) is 4.79 Å². The molecule has 0 aliphatic rings. The maximum atomic E-state index is 11.9. The minimum absolute atomic E-state index is 0.0622. The number of carbonyl (C=O) groups is 1. The third-order valence-electron chi connectivity index (χ3n) is 2.68. The van der Waals surface area contributed by atoms with Crippen molar-refractivity contribution in [2.75, 3.05) is 20.6 Å². The van der Waals surface area contributed by atoms with Crippen LogP contribution in [0.15, 0.2) is 33.7 Å². The highest BCUT2D eigenvalue weighted by Crippen LogP contribution is 2.17. The van der Waals surface area contributed by atoms with Crippen LogP contribution in [-0.4, -0.2) is 37.4 Å². The molecule has 104 valence electrons. The first-order valence-electron chi connectivity index (χ1n) is 5.98. The lowest BCUT2D eigenvalue weighted by Crippen LogP contribution is -2.35. The number of carbonyl (C=O) groups excluding carboxylic acids is 1. The second kappa shape index (κ2) is 7.78. The minimum atomic E-state index is 0.0622. The van der Waals surface area contributed by atoms with E-state index in [0.717, 1.165) is 10.0 Å². The van der Waals surface area contributed by atoms with Crippen LogP contribution in [0.2, 0.25) is 0 Å². The fourth-order valence-electron chi connectivity index (χ4n) is 1.54. The summed E-state index contributed by atoms with van der Waals surface area (Å²) < 4.78 is 1.01. The average Bonchev–Trinajstić information content (AvgIpc) is 2.40. The fourth-order valence-corrected chi connectivity index (χ4v) is 1.95. The number of guanidine groups is 1. The van der Waals surface area contributed by atoms with E-state index in [1.165, 1.54) is 0 Å². The van der Waals surface area contributed by atoms with Gasteiger partial charge in [0.05, 0.1) is 0 Å². The molecule has 0 fully saturated rings. The third-order valence-corrected chi connectivity index (χ3v) is 3.45. The molecule has 0 bridgehead atoms. The first kappa shape index (κ1) is 15.5. The van der Waals surface area contributed by atoms with Crippen molar-refractivity contribution in [3.05, 3.63) is 34.3 Å². The van der Waals surface area contributed by atoms with Gasteiger partial charge >= 0.3 is 0 Å². The van der Waals surface area contributed by atoms with Crippen molar-refractivity contribution in [3.63, 3.8) is 0 Å². The fraction of sp³-hybridized carbons (Fsp3) is 0.385. The lowest BCUT2D eigenvalue weighted by molar-refractivity contribution is -0.130. The van der Waals surface area contributed by atoms with Gasteiger partial charge in [-0.2, -0.15) is 0 Å². The molecule has 19 heavy (non-hydrogen) atoms. The normalized spacial score (nSPS) is 11.2. The quantitative estimate of drug-likeness (QED) is 0.633. The van der Waals surface area contributed by atoms with E-state index in [1.54, 1.807) is 19.0 Å². The second-order valence-corrected chi connectivity index (χ2v) is 4.98. The number of hydrogen-bond acceptors (Lipinski definition) is 2. The summed E-state index contributed by atoms with van der Waals surface area (Å²) in [7, 11) is 3.39. The Bertz CT molecular complexity index is 462. The van der Waals surface area contributed by atoms with Gasteiger partial charge in [-0.05, 0) is 11.6 Å². The molecule has 0 heterocycles. The largest absolute Gasteiger partial charge is 0.370 e. The summed E-state index contributed by atoms with van der Waals surface area (Å²) >= 11 is 3.47. The van der Waals surface area contributed by atoms with E-state index >= 15 is 0 Å². The minimum Gasteiger partial charge on any atom is -0.370 e. The smallest absolute Gasteiger partial charge is 0.224 e. The van der Waals surface area contributed by atoms with Crippen LogP contribution in [0.1, 0.15) is 12.0 Å². The molecule has 1 aromatic rings. The molecule has 1 aromatic carbocycles. The standard InChI is InChI=1S/C13H19BrN4O/c1-16-13(15)17-8-7-12(19)18(2)9-10-5-3-4-6-11(10)14/h3-6H,7-9H2,1-2H3,(H3,15,16,17). The van der Waals surface area contributed by atoms with E-state index in [2.05, 4.69) is 26.2 Å². The number of hydrogen-bond donors (Lipinski definition) is 2. The number of rotatable bonds is 5. The van der Waals surface area contributed by atoms with Crippen molar-refractivity contribution in [3.8, 4) is 0 Å². The van der Waals surface area contributed by atoms with E-state index in [-0.39, 0.29) is 5.91 Å². The molecular weight excluding hydrogens is 308 g/mol. The molecule has 1 amide bonds. The van der Waals surface area contributed by atoms with Crippen molar-refractivity contribution >= 4 is 27.8 Å². The zero-order valence-electron chi connectivity index (χ0n) is 11.2. The Morgan fingerprint density at radius 2 is 2.16 bits per heavy atom. The molecule has 0 aliphatic heterocycles. The van der Waals surface area contributed by atoms with Crippen LogP contribution in [0.4, 0.5) is 0 Å². The molecule has 6 heteroatoms.